The van der Waals surface area contributed by atoms with Gasteiger partial charge in [0.1, 0.15) is 0 Å². The number of likely N-dealkylation sites (tertiary alicyclic amines) is 1. The second-order valence-electron chi connectivity index (χ2n) is 7.01. The lowest BCUT2D eigenvalue weighted by Crippen LogP contribution is -2.40. The van der Waals surface area contributed by atoms with Crippen molar-refractivity contribution >= 4 is 23.3 Å². The molecule has 23 heavy (non-hydrogen) atoms. The van der Waals surface area contributed by atoms with Gasteiger partial charge in [0, 0.05) is 23.8 Å². The Morgan fingerprint density at radius 2 is 1.87 bits per heavy atom. The maximum absolute atomic E-state index is 3.68. The summed E-state index contributed by atoms with van der Waals surface area (Å²) in [7, 11) is 0. The Kier molecular flexibility index (Phi) is 5.62. The molecule has 1 atom stereocenters. The predicted octanol–water partition coefficient (Wildman–Crippen LogP) is 4.12. The van der Waals surface area contributed by atoms with Gasteiger partial charge in [0.2, 0.25) is 0 Å². The van der Waals surface area contributed by atoms with E-state index in [1.807, 2.05) is 0 Å². The summed E-state index contributed by atoms with van der Waals surface area (Å²) in [6.07, 6.45) is 6.72. The fourth-order valence-corrected chi connectivity index (χ4v) is 4.23. The molecule has 4 rings (SSSR count). The number of rotatable bonds is 3. The van der Waals surface area contributed by atoms with Crippen molar-refractivity contribution in [2.75, 3.05) is 26.2 Å². The summed E-state index contributed by atoms with van der Waals surface area (Å²) >= 11 is 0. The number of benzene rings is 1. The van der Waals surface area contributed by atoms with Gasteiger partial charge in [-0.3, -0.25) is 4.90 Å². The molecule has 2 aliphatic rings. The maximum Gasteiger partial charge on any atom is 0.0498 e. The highest BCUT2D eigenvalue weighted by Crippen LogP contribution is 2.33. The molecule has 4 heteroatoms. The summed E-state index contributed by atoms with van der Waals surface area (Å²) in [4.78, 5) is 6.43. The van der Waals surface area contributed by atoms with E-state index in [2.05, 4.69) is 45.5 Å². The van der Waals surface area contributed by atoms with Crippen molar-refractivity contribution in [3.8, 4) is 0 Å². The SMILES string of the molecule is Cl.c1ccc2[nH]c(C3CCCCN3CC3CCNCC3)cc2c1. The third kappa shape index (κ3) is 3.73. The van der Waals surface area contributed by atoms with E-state index in [0.717, 1.165) is 5.92 Å². The van der Waals surface area contributed by atoms with E-state index in [4.69, 9.17) is 0 Å². The molecule has 1 unspecified atom stereocenters. The first kappa shape index (κ1) is 16.8. The van der Waals surface area contributed by atoms with Crippen molar-refractivity contribution in [3.05, 3.63) is 36.0 Å². The van der Waals surface area contributed by atoms with Crippen LogP contribution in [0.5, 0.6) is 0 Å². The normalized spacial score (nSPS) is 23.7. The maximum atomic E-state index is 3.68. The zero-order chi connectivity index (χ0) is 14.8. The lowest BCUT2D eigenvalue weighted by atomic mass is 9.93. The number of hydrogen-bond donors (Lipinski definition) is 2. The Hall–Kier alpha value is -1.03. The molecular weight excluding hydrogens is 306 g/mol. The summed E-state index contributed by atoms with van der Waals surface area (Å²) in [5.74, 6) is 0.881. The van der Waals surface area contributed by atoms with Crippen LogP contribution in [0.1, 0.15) is 43.8 Å². The van der Waals surface area contributed by atoms with Crippen molar-refractivity contribution in [1.29, 1.82) is 0 Å². The van der Waals surface area contributed by atoms with Gasteiger partial charge < -0.3 is 10.3 Å². The fourth-order valence-electron chi connectivity index (χ4n) is 4.23. The van der Waals surface area contributed by atoms with Crippen LogP contribution in [0.15, 0.2) is 30.3 Å². The van der Waals surface area contributed by atoms with Crippen molar-refractivity contribution < 1.29 is 0 Å². The largest absolute Gasteiger partial charge is 0.357 e. The van der Waals surface area contributed by atoms with Crippen molar-refractivity contribution in [1.82, 2.24) is 15.2 Å². The lowest BCUT2D eigenvalue weighted by Gasteiger charge is -2.38. The minimum atomic E-state index is 0. The summed E-state index contributed by atoms with van der Waals surface area (Å²) in [5.41, 5.74) is 2.71. The highest BCUT2D eigenvalue weighted by atomic mass is 35.5. The molecule has 2 saturated heterocycles. The number of aromatic amines is 1. The molecule has 2 aliphatic heterocycles. The fraction of sp³-hybridized carbons (Fsp3) is 0.579. The second-order valence-corrected chi connectivity index (χ2v) is 7.01. The number of piperidine rings is 2. The Morgan fingerprint density at radius 1 is 1.04 bits per heavy atom. The third-order valence-electron chi connectivity index (χ3n) is 5.47. The highest BCUT2D eigenvalue weighted by molar-refractivity contribution is 5.85. The van der Waals surface area contributed by atoms with Crippen LogP contribution < -0.4 is 5.32 Å². The number of halogens is 1. The predicted molar refractivity (Wildman–Crippen MR) is 99.3 cm³/mol. The molecular formula is C19H28ClN3. The third-order valence-corrected chi connectivity index (χ3v) is 5.47. The first-order valence-electron chi connectivity index (χ1n) is 8.92. The monoisotopic (exact) mass is 333 g/mol. The second kappa shape index (κ2) is 7.69. The molecule has 0 bridgehead atoms. The van der Waals surface area contributed by atoms with Crippen molar-refractivity contribution in [2.45, 2.75) is 38.1 Å². The van der Waals surface area contributed by atoms with Crippen LogP contribution in [0.25, 0.3) is 10.9 Å². The van der Waals surface area contributed by atoms with E-state index in [1.54, 1.807) is 0 Å². The van der Waals surface area contributed by atoms with Crippen molar-refractivity contribution in [2.24, 2.45) is 5.92 Å². The van der Waals surface area contributed by atoms with Gasteiger partial charge in [0.05, 0.1) is 0 Å². The van der Waals surface area contributed by atoms with E-state index in [-0.39, 0.29) is 12.4 Å². The van der Waals surface area contributed by atoms with Gasteiger partial charge >= 0.3 is 0 Å². The Bertz CT molecular complexity index is 585. The molecule has 2 aromatic rings. The minimum Gasteiger partial charge on any atom is -0.357 e. The molecule has 0 amide bonds. The lowest BCUT2D eigenvalue weighted by molar-refractivity contribution is 0.113. The standard InChI is InChI=1S/C19H27N3.ClH/c1-2-6-17-16(5-1)13-18(21-17)19-7-3-4-12-22(19)14-15-8-10-20-11-9-15;/h1-2,5-6,13,15,19-21H,3-4,7-12,14H2;1H. The first-order chi connectivity index (χ1) is 10.9. The van der Waals surface area contributed by atoms with E-state index in [9.17, 15) is 0 Å². The summed E-state index contributed by atoms with van der Waals surface area (Å²) in [5, 5.41) is 4.84. The van der Waals surface area contributed by atoms with Gasteiger partial charge in [0.25, 0.3) is 0 Å². The van der Waals surface area contributed by atoms with E-state index in [0.29, 0.717) is 6.04 Å². The molecule has 3 nitrogen and oxygen atoms in total. The molecule has 0 spiro atoms. The Morgan fingerprint density at radius 3 is 2.70 bits per heavy atom. The van der Waals surface area contributed by atoms with Gasteiger partial charge in [-0.15, -0.1) is 12.4 Å². The molecule has 1 aromatic heterocycles. The minimum absolute atomic E-state index is 0. The average Bonchev–Trinajstić information content (AvgIpc) is 3.00. The number of fused-ring (bicyclic) bond motifs is 1. The number of nitrogens with one attached hydrogen (secondary N) is 2. The number of aromatic nitrogens is 1. The van der Waals surface area contributed by atoms with Crippen LogP contribution >= 0.6 is 12.4 Å². The molecule has 3 heterocycles. The number of para-hydroxylation sites is 1. The Balaban J connectivity index is 0.00000156. The van der Waals surface area contributed by atoms with Gasteiger partial charge in [-0.05, 0) is 68.8 Å². The van der Waals surface area contributed by atoms with Gasteiger partial charge in [-0.25, -0.2) is 0 Å². The summed E-state index contributed by atoms with van der Waals surface area (Å²) in [6.45, 7) is 4.96. The van der Waals surface area contributed by atoms with Crippen LogP contribution in [-0.2, 0) is 0 Å². The van der Waals surface area contributed by atoms with E-state index in [1.165, 1.54) is 74.9 Å². The van der Waals surface area contributed by atoms with Crippen molar-refractivity contribution in [3.63, 3.8) is 0 Å². The Labute approximate surface area is 145 Å². The molecule has 2 N–H and O–H groups in total. The highest BCUT2D eigenvalue weighted by Gasteiger charge is 2.27. The van der Waals surface area contributed by atoms with Crippen LogP contribution in [-0.4, -0.2) is 36.1 Å². The first-order valence-corrected chi connectivity index (χ1v) is 8.92. The van der Waals surface area contributed by atoms with E-state index < -0.39 is 0 Å². The smallest absolute Gasteiger partial charge is 0.0498 e. The zero-order valence-corrected chi connectivity index (χ0v) is 14.6. The topological polar surface area (TPSA) is 31.1 Å². The van der Waals surface area contributed by atoms with Gasteiger partial charge in [-0.2, -0.15) is 0 Å². The number of nitrogens with zero attached hydrogens (tertiary/aromatic N) is 1. The quantitative estimate of drug-likeness (QED) is 0.885. The van der Waals surface area contributed by atoms with Crippen LogP contribution in [0.2, 0.25) is 0 Å². The molecule has 2 fully saturated rings. The zero-order valence-electron chi connectivity index (χ0n) is 13.8. The summed E-state index contributed by atoms with van der Waals surface area (Å²) < 4.78 is 0. The average molecular weight is 334 g/mol. The van der Waals surface area contributed by atoms with Crippen LogP contribution in [0, 0.1) is 5.92 Å². The molecule has 126 valence electrons. The summed E-state index contributed by atoms with van der Waals surface area (Å²) in [6, 6.07) is 11.6. The molecule has 0 aliphatic carbocycles. The molecule has 0 radical (unpaired) electrons. The number of H-pyrrole nitrogens is 1. The van der Waals surface area contributed by atoms with Crippen LogP contribution in [0.3, 0.4) is 0 Å². The van der Waals surface area contributed by atoms with Gasteiger partial charge in [-0.1, -0.05) is 24.6 Å². The van der Waals surface area contributed by atoms with Gasteiger partial charge in [0.15, 0.2) is 0 Å². The number of hydrogen-bond acceptors (Lipinski definition) is 2. The van der Waals surface area contributed by atoms with Crippen LogP contribution in [0.4, 0.5) is 0 Å². The molecule has 1 aromatic carbocycles. The molecule has 0 saturated carbocycles. The van der Waals surface area contributed by atoms with E-state index >= 15 is 0 Å².